The number of aromatic nitrogens is 1. The zero-order chi connectivity index (χ0) is 11.7. The fourth-order valence-corrected chi connectivity index (χ4v) is 1.80. The number of pyridine rings is 1. The topological polar surface area (TPSA) is 39.2 Å². The van der Waals surface area contributed by atoms with Crippen LogP contribution in [0.2, 0.25) is 0 Å². The summed E-state index contributed by atoms with van der Waals surface area (Å²) >= 11 is 0. The molecule has 0 aliphatic carbocycles. The van der Waals surface area contributed by atoms with Crippen LogP contribution in [0.5, 0.6) is 5.75 Å². The first-order valence-corrected chi connectivity index (χ1v) is 5.09. The van der Waals surface area contributed by atoms with Gasteiger partial charge in [-0.2, -0.15) is 0 Å². The van der Waals surface area contributed by atoms with E-state index in [-0.39, 0.29) is 5.78 Å². The fourth-order valence-electron chi connectivity index (χ4n) is 1.80. The molecule has 0 spiro atoms. The highest BCUT2D eigenvalue weighted by atomic mass is 16.5. The molecule has 0 N–H and O–H groups in total. The van der Waals surface area contributed by atoms with E-state index in [1.165, 1.54) is 6.92 Å². The normalized spacial score (nSPS) is 10.4. The Bertz CT molecular complexity index is 561. The van der Waals surface area contributed by atoms with Gasteiger partial charge < -0.3 is 4.74 Å². The Hall–Kier alpha value is -1.90. The number of hydrogen-bond donors (Lipinski definition) is 0. The molecule has 1 aromatic heterocycles. The number of nitrogens with zero attached hydrogens (tertiary/aromatic N) is 1. The second-order valence-electron chi connectivity index (χ2n) is 3.73. The highest BCUT2D eigenvalue weighted by Gasteiger charge is 2.09. The average molecular weight is 215 g/mol. The van der Waals surface area contributed by atoms with Crippen LogP contribution in [-0.4, -0.2) is 17.9 Å². The molecule has 0 aliphatic rings. The van der Waals surface area contributed by atoms with Gasteiger partial charge in [0.1, 0.15) is 11.4 Å². The number of Topliss-reactive ketones (excluding diaryl/α,β-unsaturated/α-hetero) is 1. The molecule has 1 aromatic carbocycles. The Morgan fingerprint density at radius 3 is 2.75 bits per heavy atom. The predicted octanol–water partition coefficient (Wildman–Crippen LogP) is 2.75. The van der Waals surface area contributed by atoms with Gasteiger partial charge in [-0.25, -0.2) is 4.98 Å². The molecule has 3 nitrogen and oxygen atoms in total. The molecule has 0 unspecified atom stereocenters. The molecule has 0 radical (unpaired) electrons. The van der Waals surface area contributed by atoms with Gasteiger partial charge in [0.25, 0.3) is 0 Å². The van der Waals surface area contributed by atoms with Crippen molar-refractivity contribution in [2.24, 2.45) is 0 Å². The van der Waals surface area contributed by atoms with Crippen LogP contribution >= 0.6 is 0 Å². The number of methoxy groups -OCH3 is 1. The van der Waals surface area contributed by atoms with E-state index in [0.29, 0.717) is 5.69 Å². The molecule has 2 rings (SSSR count). The predicted molar refractivity (Wildman–Crippen MR) is 63.0 cm³/mol. The third-order valence-corrected chi connectivity index (χ3v) is 2.57. The van der Waals surface area contributed by atoms with Crippen LogP contribution in [0.25, 0.3) is 10.9 Å². The van der Waals surface area contributed by atoms with E-state index in [2.05, 4.69) is 4.98 Å². The second kappa shape index (κ2) is 3.93. The number of ketones is 1. The van der Waals surface area contributed by atoms with E-state index < -0.39 is 0 Å². The maximum absolute atomic E-state index is 11.3. The highest BCUT2D eigenvalue weighted by molar-refractivity contribution is 5.97. The molecule has 0 amide bonds. The van der Waals surface area contributed by atoms with Gasteiger partial charge in [0.05, 0.1) is 12.6 Å². The smallest absolute Gasteiger partial charge is 0.178 e. The summed E-state index contributed by atoms with van der Waals surface area (Å²) in [5.41, 5.74) is 2.30. The lowest BCUT2D eigenvalue weighted by Gasteiger charge is -2.08. The molecule has 0 fully saturated rings. The minimum absolute atomic E-state index is 0.0205. The quantitative estimate of drug-likeness (QED) is 0.723. The molecular weight excluding hydrogens is 202 g/mol. The van der Waals surface area contributed by atoms with Crippen molar-refractivity contribution in [1.82, 2.24) is 4.98 Å². The van der Waals surface area contributed by atoms with Gasteiger partial charge in [-0.3, -0.25) is 4.79 Å². The number of hydrogen-bond acceptors (Lipinski definition) is 3. The SMILES string of the molecule is COc1cccc2nc(C(C)=O)cc(C)c12. The molecule has 0 saturated heterocycles. The van der Waals surface area contributed by atoms with Crippen molar-refractivity contribution in [1.29, 1.82) is 0 Å². The second-order valence-corrected chi connectivity index (χ2v) is 3.73. The largest absolute Gasteiger partial charge is 0.496 e. The summed E-state index contributed by atoms with van der Waals surface area (Å²) in [5, 5.41) is 0.968. The van der Waals surface area contributed by atoms with Gasteiger partial charge in [-0.05, 0) is 30.7 Å². The molecule has 16 heavy (non-hydrogen) atoms. The molecule has 3 heteroatoms. The Morgan fingerprint density at radius 2 is 2.12 bits per heavy atom. The third kappa shape index (κ3) is 1.65. The third-order valence-electron chi connectivity index (χ3n) is 2.57. The van der Waals surface area contributed by atoms with Crippen LogP contribution in [-0.2, 0) is 0 Å². The van der Waals surface area contributed by atoms with Crippen molar-refractivity contribution in [2.45, 2.75) is 13.8 Å². The number of carbonyl (C=O) groups excluding carboxylic acids is 1. The van der Waals surface area contributed by atoms with Gasteiger partial charge in [0, 0.05) is 12.3 Å². The molecule has 1 heterocycles. The Morgan fingerprint density at radius 1 is 1.38 bits per heavy atom. The van der Waals surface area contributed by atoms with Crippen LogP contribution in [0, 0.1) is 6.92 Å². The lowest BCUT2D eigenvalue weighted by atomic mass is 10.1. The zero-order valence-corrected chi connectivity index (χ0v) is 9.57. The number of carbonyl (C=O) groups is 1. The Balaban J connectivity index is 2.80. The summed E-state index contributed by atoms with van der Waals surface area (Å²) in [5.74, 6) is 0.769. The highest BCUT2D eigenvalue weighted by Crippen LogP contribution is 2.27. The van der Waals surface area contributed by atoms with Crippen LogP contribution in [0.1, 0.15) is 23.0 Å². The number of aryl methyl sites for hydroxylation is 1. The van der Waals surface area contributed by atoms with E-state index in [0.717, 1.165) is 22.2 Å². The van der Waals surface area contributed by atoms with Crippen molar-refractivity contribution in [3.63, 3.8) is 0 Å². The molecular formula is C13H13NO2. The van der Waals surface area contributed by atoms with Crippen molar-refractivity contribution in [2.75, 3.05) is 7.11 Å². The molecule has 2 aromatic rings. The van der Waals surface area contributed by atoms with Crippen molar-refractivity contribution < 1.29 is 9.53 Å². The maximum Gasteiger partial charge on any atom is 0.178 e. The van der Waals surface area contributed by atoms with Gasteiger partial charge in [-0.1, -0.05) is 6.07 Å². The summed E-state index contributed by atoms with van der Waals surface area (Å²) in [4.78, 5) is 15.6. The lowest BCUT2D eigenvalue weighted by molar-refractivity contribution is 0.101. The van der Waals surface area contributed by atoms with Crippen molar-refractivity contribution in [3.8, 4) is 5.75 Å². The zero-order valence-electron chi connectivity index (χ0n) is 9.57. The molecule has 82 valence electrons. The summed E-state index contributed by atoms with van der Waals surface area (Å²) in [7, 11) is 1.63. The number of ether oxygens (including phenoxy) is 1. The average Bonchev–Trinajstić information content (AvgIpc) is 2.27. The number of benzene rings is 1. The van der Waals surface area contributed by atoms with E-state index in [4.69, 9.17) is 4.74 Å². The lowest BCUT2D eigenvalue weighted by Crippen LogP contribution is -1.99. The standard InChI is InChI=1S/C13H13NO2/c1-8-7-11(9(2)15)14-10-5-4-6-12(16-3)13(8)10/h4-7H,1-3H3. The number of fused-ring (bicyclic) bond motifs is 1. The minimum atomic E-state index is -0.0205. The van der Waals surface area contributed by atoms with Crippen molar-refractivity contribution in [3.05, 3.63) is 35.5 Å². The summed E-state index contributed by atoms with van der Waals surface area (Å²) in [6, 6.07) is 7.45. The number of rotatable bonds is 2. The Labute approximate surface area is 94.1 Å². The molecule has 0 saturated carbocycles. The molecule has 0 atom stereocenters. The van der Waals surface area contributed by atoms with E-state index in [9.17, 15) is 4.79 Å². The van der Waals surface area contributed by atoms with Crippen LogP contribution in [0.15, 0.2) is 24.3 Å². The summed E-state index contributed by atoms with van der Waals surface area (Å²) < 4.78 is 5.28. The van der Waals surface area contributed by atoms with Crippen LogP contribution in [0.3, 0.4) is 0 Å². The summed E-state index contributed by atoms with van der Waals surface area (Å²) in [6.45, 7) is 3.48. The van der Waals surface area contributed by atoms with Gasteiger partial charge >= 0.3 is 0 Å². The first-order valence-electron chi connectivity index (χ1n) is 5.09. The van der Waals surface area contributed by atoms with Crippen LogP contribution < -0.4 is 4.74 Å². The van der Waals surface area contributed by atoms with Gasteiger partial charge in [0.15, 0.2) is 5.78 Å². The fraction of sp³-hybridized carbons (Fsp3) is 0.231. The van der Waals surface area contributed by atoms with Gasteiger partial charge in [-0.15, -0.1) is 0 Å². The maximum atomic E-state index is 11.3. The Kier molecular flexibility index (Phi) is 2.60. The van der Waals surface area contributed by atoms with Gasteiger partial charge in [0.2, 0.25) is 0 Å². The van der Waals surface area contributed by atoms with Crippen molar-refractivity contribution >= 4 is 16.7 Å². The minimum Gasteiger partial charge on any atom is -0.496 e. The molecule has 0 bridgehead atoms. The first-order chi connectivity index (χ1) is 7.63. The van der Waals surface area contributed by atoms with E-state index >= 15 is 0 Å². The first kappa shape index (κ1) is 10.6. The monoisotopic (exact) mass is 215 g/mol. The molecule has 0 aliphatic heterocycles. The van der Waals surface area contributed by atoms with E-state index in [1.54, 1.807) is 13.2 Å². The van der Waals surface area contributed by atoms with E-state index in [1.807, 2.05) is 25.1 Å². The van der Waals surface area contributed by atoms with Crippen LogP contribution in [0.4, 0.5) is 0 Å². The summed E-state index contributed by atoms with van der Waals surface area (Å²) in [6.07, 6.45) is 0.